The van der Waals surface area contributed by atoms with E-state index >= 15 is 0 Å². The molecule has 2 atom stereocenters. The topological polar surface area (TPSA) is 84.5 Å². The lowest BCUT2D eigenvalue weighted by Gasteiger charge is -2.21. The minimum absolute atomic E-state index is 0.118. The van der Waals surface area contributed by atoms with E-state index < -0.39 is 28.1 Å². The molecule has 0 bridgehead atoms. The summed E-state index contributed by atoms with van der Waals surface area (Å²) in [6.07, 6.45) is 0.729. The van der Waals surface area contributed by atoms with Crippen molar-refractivity contribution in [1.82, 2.24) is 10.0 Å². The van der Waals surface area contributed by atoms with Gasteiger partial charge in [0.15, 0.2) is 0 Å². The molecular formula is C19H22Cl2N2O4S. The van der Waals surface area contributed by atoms with E-state index in [4.69, 9.17) is 27.9 Å². The van der Waals surface area contributed by atoms with Gasteiger partial charge in [0.1, 0.15) is 12.1 Å². The Balaban J connectivity index is 2.10. The normalized spacial score (nSPS) is 13.7. The Morgan fingerprint density at radius 3 is 2.39 bits per heavy atom. The van der Waals surface area contributed by atoms with Gasteiger partial charge in [-0.05, 0) is 24.1 Å². The smallest absolute Gasteiger partial charge is 0.238 e. The molecule has 0 radical (unpaired) electrons. The fourth-order valence-electron chi connectivity index (χ4n) is 2.70. The lowest BCUT2D eigenvalue weighted by molar-refractivity contribution is -0.123. The molecule has 0 saturated heterocycles. The molecule has 6 nitrogen and oxygen atoms in total. The van der Waals surface area contributed by atoms with E-state index in [1.165, 1.54) is 7.11 Å². The fourth-order valence-corrected chi connectivity index (χ4v) is 3.93. The highest BCUT2D eigenvalue weighted by Crippen LogP contribution is 2.27. The molecule has 0 aliphatic heterocycles. The second-order valence-electron chi connectivity index (χ2n) is 6.27. The number of hydrogen-bond donors (Lipinski definition) is 2. The molecule has 1 amide bonds. The van der Waals surface area contributed by atoms with Crippen molar-refractivity contribution in [3.05, 3.63) is 69.7 Å². The Labute approximate surface area is 175 Å². The molecule has 0 spiro atoms. The molecule has 0 aromatic heterocycles. The van der Waals surface area contributed by atoms with Crippen molar-refractivity contribution in [1.29, 1.82) is 0 Å². The van der Waals surface area contributed by atoms with Crippen LogP contribution in [0.4, 0.5) is 0 Å². The number of amides is 1. The number of rotatable bonds is 9. The van der Waals surface area contributed by atoms with Gasteiger partial charge >= 0.3 is 0 Å². The summed E-state index contributed by atoms with van der Waals surface area (Å²) in [5, 5.41) is 3.65. The van der Waals surface area contributed by atoms with Crippen LogP contribution in [0.1, 0.15) is 17.2 Å². The van der Waals surface area contributed by atoms with Crippen molar-refractivity contribution in [2.24, 2.45) is 0 Å². The van der Waals surface area contributed by atoms with Gasteiger partial charge in [-0.15, -0.1) is 0 Å². The predicted molar refractivity (Wildman–Crippen MR) is 111 cm³/mol. The summed E-state index contributed by atoms with van der Waals surface area (Å²) in [4.78, 5) is 12.7. The fraction of sp³-hybridized carbons (Fsp3) is 0.316. The van der Waals surface area contributed by atoms with Crippen LogP contribution in [0.25, 0.3) is 0 Å². The number of nitrogens with one attached hydrogen (secondary N) is 2. The average molecular weight is 445 g/mol. The number of halogens is 2. The van der Waals surface area contributed by atoms with Crippen LogP contribution in [0.5, 0.6) is 0 Å². The summed E-state index contributed by atoms with van der Waals surface area (Å²) in [6, 6.07) is 13.2. The maximum absolute atomic E-state index is 12.7. The van der Waals surface area contributed by atoms with Crippen molar-refractivity contribution >= 4 is 39.1 Å². The Kier molecular flexibility index (Phi) is 8.27. The van der Waals surface area contributed by atoms with Crippen LogP contribution >= 0.6 is 23.2 Å². The molecule has 2 aromatic rings. The highest BCUT2D eigenvalue weighted by Gasteiger charge is 2.24. The van der Waals surface area contributed by atoms with Crippen LogP contribution in [0, 0.1) is 0 Å². The standard InChI is InChI=1S/C19H22Cl2N2O4S/c1-27-18(15-9-8-14(20)11-16(15)21)12-22-19(24)17(23-28(2,25)26)10-13-6-4-3-5-7-13/h3-9,11,17-18,23H,10,12H2,1-2H3,(H,22,24). The van der Waals surface area contributed by atoms with E-state index in [2.05, 4.69) is 10.0 Å². The van der Waals surface area contributed by atoms with Crippen LogP contribution in [0.3, 0.4) is 0 Å². The summed E-state index contributed by atoms with van der Waals surface area (Å²) in [5.41, 5.74) is 1.51. The number of carbonyl (C=O) groups excluding carboxylic acids is 1. The Bertz CT molecular complexity index is 907. The van der Waals surface area contributed by atoms with Crippen molar-refractivity contribution in [3.8, 4) is 0 Å². The first-order chi connectivity index (χ1) is 13.2. The number of carbonyl (C=O) groups is 1. The Hall–Kier alpha value is -1.64. The minimum atomic E-state index is -3.57. The molecule has 2 unspecified atom stereocenters. The number of ether oxygens (including phenoxy) is 1. The second kappa shape index (κ2) is 10.2. The van der Waals surface area contributed by atoms with Crippen LogP contribution < -0.4 is 10.0 Å². The number of hydrogen-bond acceptors (Lipinski definition) is 4. The molecule has 2 N–H and O–H groups in total. The molecule has 0 aliphatic carbocycles. The SMILES string of the molecule is COC(CNC(=O)C(Cc1ccccc1)NS(C)(=O)=O)c1ccc(Cl)cc1Cl. The van der Waals surface area contributed by atoms with E-state index in [0.717, 1.165) is 11.8 Å². The van der Waals surface area contributed by atoms with Gasteiger partial charge in [0, 0.05) is 29.3 Å². The third-order valence-corrected chi connectivity index (χ3v) is 5.29. The monoisotopic (exact) mass is 444 g/mol. The van der Waals surface area contributed by atoms with E-state index in [1.54, 1.807) is 18.2 Å². The van der Waals surface area contributed by atoms with Crippen LogP contribution in [0.15, 0.2) is 48.5 Å². The third kappa shape index (κ3) is 7.07. The summed E-state index contributed by atoms with van der Waals surface area (Å²) >= 11 is 12.1. The lowest BCUT2D eigenvalue weighted by atomic mass is 10.1. The van der Waals surface area contributed by atoms with Gasteiger partial charge in [-0.3, -0.25) is 4.79 Å². The van der Waals surface area contributed by atoms with Crippen LogP contribution in [-0.2, 0) is 26.0 Å². The molecule has 0 heterocycles. The van der Waals surface area contributed by atoms with Gasteiger partial charge in [0.2, 0.25) is 15.9 Å². The number of methoxy groups -OCH3 is 1. The van der Waals surface area contributed by atoms with Crippen molar-refractivity contribution in [3.63, 3.8) is 0 Å². The summed E-state index contributed by atoms with van der Waals surface area (Å²) < 4.78 is 31.2. The van der Waals surface area contributed by atoms with Gasteiger partial charge in [-0.25, -0.2) is 13.1 Å². The largest absolute Gasteiger partial charge is 0.375 e. The molecule has 0 aliphatic rings. The lowest BCUT2D eigenvalue weighted by Crippen LogP contribution is -2.48. The zero-order valence-corrected chi connectivity index (χ0v) is 17.8. The first-order valence-electron chi connectivity index (χ1n) is 8.46. The van der Waals surface area contributed by atoms with E-state index in [1.807, 2.05) is 30.3 Å². The van der Waals surface area contributed by atoms with Gasteiger partial charge in [0.05, 0.1) is 6.26 Å². The van der Waals surface area contributed by atoms with Crippen molar-refractivity contribution < 1.29 is 17.9 Å². The molecule has 2 aromatic carbocycles. The number of sulfonamides is 1. The molecular weight excluding hydrogens is 423 g/mol. The molecule has 2 rings (SSSR count). The summed E-state index contributed by atoms with van der Waals surface area (Å²) in [6.45, 7) is 0.118. The Morgan fingerprint density at radius 1 is 1.14 bits per heavy atom. The second-order valence-corrected chi connectivity index (χ2v) is 8.89. The highest BCUT2D eigenvalue weighted by molar-refractivity contribution is 7.88. The van der Waals surface area contributed by atoms with Crippen LogP contribution in [-0.4, -0.2) is 40.3 Å². The zero-order valence-electron chi connectivity index (χ0n) is 15.5. The predicted octanol–water partition coefficient (Wildman–Crippen LogP) is 2.96. The van der Waals surface area contributed by atoms with E-state index in [-0.39, 0.29) is 13.0 Å². The molecule has 0 saturated carbocycles. The molecule has 0 fully saturated rings. The molecule has 9 heteroatoms. The first kappa shape index (κ1) is 22.6. The van der Waals surface area contributed by atoms with Gasteiger partial charge in [-0.2, -0.15) is 0 Å². The van der Waals surface area contributed by atoms with Crippen molar-refractivity contribution in [2.45, 2.75) is 18.6 Å². The maximum atomic E-state index is 12.7. The summed E-state index contributed by atoms with van der Waals surface area (Å²) in [7, 11) is -2.08. The average Bonchev–Trinajstić information content (AvgIpc) is 2.62. The summed E-state index contributed by atoms with van der Waals surface area (Å²) in [5.74, 6) is -0.457. The van der Waals surface area contributed by atoms with Crippen LogP contribution in [0.2, 0.25) is 10.0 Å². The number of benzene rings is 2. The van der Waals surface area contributed by atoms with E-state index in [9.17, 15) is 13.2 Å². The Morgan fingerprint density at radius 2 is 1.82 bits per heavy atom. The van der Waals surface area contributed by atoms with E-state index in [0.29, 0.717) is 15.6 Å². The highest BCUT2D eigenvalue weighted by atomic mass is 35.5. The maximum Gasteiger partial charge on any atom is 0.238 e. The zero-order chi connectivity index (χ0) is 20.7. The van der Waals surface area contributed by atoms with Gasteiger partial charge in [0.25, 0.3) is 0 Å². The van der Waals surface area contributed by atoms with Gasteiger partial charge in [-0.1, -0.05) is 59.6 Å². The first-order valence-corrected chi connectivity index (χ1v) is 11.1. The molecule has 28 heavy (non-hydrogen) atoms. The molecule has 152 valence electrons. The minimum Gasteiger partial charge on any atom is -0.375 e. The van der Waals surface area contributed by atoms with Gasteiger partial charge < -0.3 is 10.1 Å². The quantitative estimate of drug-likeness (QED) is 0.622. The van der Waals surface area contributed by atoms with Crippen molar-refractivity contribution in [2.75, 3.05) is 19.9 Å². The third-order valence-electron chi connectivity index (χ3n) is 4.01.